The standard InChI is InChI=1S/C15H14BrClN2O2/c1-10(12-4-2-3-5-13(12)16)18-9-11-6-7-14(17)15(8-11)19(20)21/h2-8,10,18H,9H2,1H3/t10-/m1/s1. The van der Waals surface area contributed by atoms with Gasteiger partial charge in [0.2, 0.25) is 0 Å². The van der Waals surface area contributed by atoms with Crippen molar-refractivity contribution in [3.8, 4) is 0 Å². The minimum absolute atomic E-state index is 0.0653. The molecule has 21 heavy (non-hydrogen) atoms. The molecule has 0 spiro atoms. The molecule has 0 amide bonds. The number of halogens is 2. The molecule has 0 heterocycles. The van der Waals surface area contributed by atoms with Crippen LogP contribution >= 0.6 is 27.5 Å². The Bertz CT molecular complexity index is 664. The van der Waals surface area contributed by atoms with Crippen molar-refractivity contribution in [2.24, 2.45) is 0 Å². The van der Waals surface area contributed by atoms with E-state index >= 15 is 0 Å². The van der Waals surface area contributed by atoms with Crippen LogP contribution in [0.15, 0.2) is 46.9 Å². The summed E-state index contributed by atoms with van der Waals surface area (Å²) in [5.41, 5.74) is 1.90. The minimum atomic E-state index is -0.469. The van der Waals surface area contributed by atoms with Gasteiger partial charge in [0.15, 0.2) is 0 Å². The molecule has 0 saturated heterocycles. The lowest BCUT2D eigenvalue weighted by molar-refractivity contribution is -0.384. The van der Waals surface area contributed by atoms with Crippen LogP contribution in [0.25, 0.3) is 0 Å². The summed E-state index contributed by atoms with van der Waals surface area (Å²) in [5.74, 6) is 0. The maximum Gasteiger partial charge on any atom is 0.288 e. The molecule has 6 heteroatoms. The average molecular weight is 370 g/mol. The van der Waals surface area contributed by atoms with E-state index in [9.17, 15) is 10.1 Å². The fourth-order valence-electron chi connectivity index (χ4n) is 2.02. The summed E-state index contributed by atoms with van der Waals surface area (Å²) in [6.45, 7) is 2.57. The number of nitro groups is 1. The molecule has 0 saturated carbocycles. The molecule has 0 bridgehead atoms. The van der Waals surface area contributed by atoms with Crippen molar-refractivity contribution >= 4 is 33.2 Å². The van der Waals surface area contributed by atoms with E-state index in [1.54, 1.807) is 12.1 Å². The zero-order chi connectivity index (χ0) is 15.4. The molecule has 0 aliphatic carbocycles. The van der Waals surface area contributed by atoms with Gasteiger partial charge in [-0.15, -0.1) is 0 Å². The third kappa shape index (κ3) is 4.03. The fourth-order valence-corrected chi connectivity index (χ4v) is 2.83. The molecule has 0 aliphatic heterocycles. The third-order valence-electron chi connectivity index (χ3n) is 3.19. The number of nitro benzene ring substituents is 1. The summed E-state index contributed by atoms with van der Waals surface area (Å²) in [6.07, 6.45) is 0. The van der Waals surface area contributed by atoms with Crippen molar-refractivity contribution in [1.82, 2.24) is 5.32 Å². The SMILES string of the molecule is C[C@@H](NCc1ccc(Cl)c([N+](=O)[O-])c1)c1ccccc1Br. The lowest BCUT2D eigenvalue weighted by atomic mass is 10.1. The second-order valence-electron chi connectivity index (χ2n) is 4.67. The first-order valence-electron chi connectivity index (χ1n) is 6.39. The molecule has 2 aromatic rings. The molecule has 0 radical (unpaired) electrons. The van der Waals surface area contributed by atoms with Gasteiger partial charge in [0.05, 0.1) is 4.92 Å². The second-order valence-corrected chi connectivity index (χ2v) is 5.93. The van der Waals surface area contributed by atoms with Crippen LogP contribution in [0.4, 0.5) is 5.69 Å². The van der Waals surface area contributed by atoms with Crippen molar-refractivity contribution < 1.29 is 4.92 Å². The Morgan fingerprint density at radius 3 is 2.71 bits per heavy atom. The Morgan fingerprint density at radius 2 is 2.05 bits per heavy atom. The average Bonchev–Trinajstić information content (AvgIpc) is 2.46. The number of benzene rings is 2. The van der Waals surface area contributed by atoms with Gasteiger partial charge < -0.3 is 5.32 Å². The molecule has 110 valence electrons. The van der Waals surface area contributed by atoms with Crippen molar-refractivity contribution in [3.05, 3.63) is 73.2 Å². The molecule has 2 rings (SSSR count). The number of nitrogens with one attached hydrogen (secondary N) is 1. The molecular weight excluding hydrogens is 356 g/mol. The molecule has 2 aromatic carbocycles. The summed E-state index contributed by atoms with van der Waals surface area (Å²) < 4.78 is 1.03. The molecule has 4 nitrogen and oxygen atoms in total. The Balaban J connectivity index is 2.08. The first-order valence-corrected chi connectivity index (χ1v) is 7.56. The Labute approximate surface area is 136 Å². The summed E-state index contributed by atoms with van der Waals surface area (Å²) in [7, 11) is 0. The topological polar surface area (TPSA) is 55.2 Å². The lowest BCUT2D eigenvalue weighted by Crippen LogP contribution is -2.18. The molecule has 1 N–H and O–H groups in total. The highest BCUT2D eigenvalue weighted by Gasteiger charge is 2.13. The fraction of sp³-hybridized carbons (Fsp3) is 0.200. The summed E-state index contributed by atoms with van der Waals surface area (Å²) in [4.78, 5) is 10.4. The van der Waals surface area contributed by atoms with Crippen LogP contribution in [-0.2, 0) is 6.54 Å². The Kier molecular flexibility index (Phi) is 5.33. The van der Waals surface area contributed by atoms with Gasteiger partial charge in [0.25, 0.3) is 5.69 Å². The van der Waals surface area contributed by atoms with Crippen LogP contribution in [0.1, 0.15) is 24.1 Å². The maximum absolute atomic E-state index is 10.9. The Hall–Kier alpha value is -1.43. The maximum atomic E-state index is 10.9. The largest absolute Gasteiger partial charge is 0.306 e. The lowest BCUT2D eigenvalue weighted by Gasteiger charge is -2.16. The number of hydrogen-bond acceptors (Lipinski definition) is 3. The van der Waals surface area contributed by atoms with Gasteiger partial charge in [0.1, 0.15) is 5.02 Å². The molecule has 0 unspecified atom stereocenters. The second kappa shape index (κ2) is 7.02. The molecule has 0 fully saturated rings. The van der Waals surface area contributed by atoms with Gasteiger partial charge in [-0.3, -0.25) is 10.1 Å². The Morgan fingerprint density at radius 1 is 1.33 bits per heavy atom. The van der Waals surface area contributed by atoms with E-state index in [-0.39, 0.29) is 16.8 Å². The number of nitrogens with zero attached hydrogens (tertiary/aromatic N) is 1. The predicted molar refractivity (Wildman–Crippen MR) is 87.5 cm³/mol. The highest BCUT2D eigenvalue weighted by molar-refractivity contribution is 9.10. The summed E-state index contributed by atoms with van der Waals surface area (Å²) in [6, 6.07) is 12.9. The zero-order valence-electron chi connectivity index (χ0n) is 11.3. The highest BCUT2D eigenvalue weighted by Crippen LogP contribution is 2.26. The third-order valence-corrected chi connectivity index (χ3v) is 4.23. The quantitative estimate of drug-likeness (QED) is 0.605. The van der Waals surface area contributed by atoms with E-state index in [1.165, 1.54) is 6.07 Å². The van der Waals surface area contributed by atoms with Crippen molar-refractivity contribution in [2.75, 3.05) is 0 Å². The first-order chi connectivity index (χ1) is 9.99. The van der Waals surface area contributed by atoms with Crippen LogP contribution in [0.2, 0.25) is 5.02 Å². The summed E-state index contributed by atoms with van der Waals surface area (Å²) >= 11 is 9.32. The van der Waals surface area contributed by atoms with E-state index < -0.39 is 4.92 Å². The van der Waals surface area contributed by atoms with Gasteiger partial charge in [-0.25, -0.2) is 0 Å². The van der Waals surface area contributed by atoms with E-state index in [2.05, 4.69) is 21.2 Å². The van der Waals surface area contributed by atoms with Crippen LogP contribution in [-0.4, -0.2) is 4.92 Å². The van der Waals surface area contributed by atoms with Crippen LogP contribution in [0.5, 0.6) is 0 Å². The van der Waals surface area contributed by atoms with Gasteiger partial charge in [-0.2, -0.15) is 0 Å². The van der Waals surface area contributed by atoms with Gasteiger partial charge in [0, 0.05) is 23.1 Å². The van der Waals surface area contributed by atoms with Crippen molar-refractivity contribution in [2.45, 2.75) is 19.5 Å². The van der Waals surface area contributed by atoms with Crippen LogP contribution in [0, 0.1) is 10.1 Å². The van der Waals surface area contributed by atoms with Gasteiger partial charge >= 0.3 is 0 Å². The summed E-state index contributed by atoms with van der Waals surface area (Å²) in [5, 5.41) is 14.4. The normalized spacial score (nSPS) is 12.1. The first kappa shape index (κ1) is 15.9. The highest BCUT2D eigenvalue weighted by atomic mass is 79.9. The van der Waals surface area contributed by atoms with Gasteiger partial charge in [-0.05, 0) is 30.2 Å². The molecule has 0 aromatic heterocycles. The van der Waals surface area contributed by atoms with Crippen LogP contribution in [0.3, 0.4) is 0 Å². The minimum Gasteiger partial charge on any atom is -0.306 e. The smallest absolute Gasteiger partial charge is 0.288 e. The number of rotatable bonds is 5. The van der Waals surface area contributed by atoms with E-state index in [4.69, 9.17) is 11.6 Å². The van der Waals surface area contributed by atoms with Crippen molar-refractivity contribution in [1.29, 1.82) is 0 Å². The van der Waals surface area contributed by atoms with Crippen LogP contribution < -0.4 is 5.32 Å². The number of hydrogen-bond donors (Lipinski definition) is 1. The van der Waals surface area contributed by atoms with Gasteiger partial charge in [-0.1, -0.05) is 51.8 Å². The van der Waals surface area contributed by atoms with E-state index in [0.29, 0.717) is 6.54 Å². The van der Waals surface area contributed by atoms with E-state index in [1.807, 2.05) is 31.2 Å². The zero-order valence-corrected chi connectivity index (χ0v) is 13.7. The van der Waals surface area contributed by atoms with Crippen molar-refractivity contribution in [3.63, 3.8) is 0 Å². The van der Waals surface area contributed by atoms with E-state index in [0.717, 1.165) is 15.6 Å². The predicted octanol–water partition coefficient (Wildman–Crippen LogP) is 4.86. The monoisotopic (exact) mass is 368 g/mol. The molecule has 1 atom stereocenters. The molecular formula is C15H14BrClN2O2. The molecule has 0 aliphatic rings.